The average molecular weight is 405 g/mol. The van der Waals surface area contributed by atoms with Gasteiger partial charge in [0.15, 0.2) is 0 Å². The molecular weight excluding hydrogens is 391 g/mol. The SMILES string of the molecule is Cc1ccc2[nH]c3c(ccc4c3ccc3c5cc(C(F)(F)F)ccc5sc34)c2c1. The monoisotopic (exact) mass is 405 g/mol. The van der Waals surface area contributed by atoms with Crippen LogP contribution in [0.2, 0.25) is 0 Å². The highest BCUT2D eigenvalue weighted by atomic mass is 32.1. The number of benzene rings is 4. The molecule has 1 N–H and O–H groups in total. The van der Waals surface area contributed by atoms with Crippen LogP contribution in [0.3, 0.4) is 0 Å². The molecule has 0 saturated heterocycles. The van der Waals surface area contributed by atoms with Crippen LogP contribution < -0.4 is 0 Å². The molecule has 0 saturated carbocycles. The molecule has 0 aliphatic heterocycles. The fourth-order valence-corrected chi connectivity index (χ4v) is 5.51. The number of aryl methyl sites for hydroxylation is 1. The van der Waals surface area contributed by atoms with Crippen molar-refractivity contribution in [3.8, 4) is 0 Å². The van der Waals surface area contributed by atoms with Crippen LogP contribution in [-0.4, -0.2) is 4.98 Å². The van der Waals surface area contributed by atoms with E-state index in [1.807, 2.05) is 12.1 Å². The molecule has 142 valence electrons. The molecule has 0 amide bonds. The number of aromatic amines is 1. The van der Waals surface area contributed by atoms with Gasteiger partial charge < -0.3 is 4.98 Å². The van der Waals surface area contributed by atoms with Crippen molar-refractivity contribution in [3.05, 3.63) is 71.8 Å². The lowest BCUT2D eigenvalue weighted by atomic mass is 10.0. The van der Waals surface area contributed by atoms with Gasteiger partial charge in [-0.2, -0.15) is 13.2 Å². The normalized spacial score (nSPS) is 12.8. The van der Waals surface area contributed by atoms with E-state index >= 15 is 0 Å². The van der Waals surface area contributed by atoms with Gasteiger partial charge >= 0.3 is 6.18 Å². The van der Waals surface area contributed by atoms with Crippen LogP contribution in [-0.2, 0) is 6.18 Å². The first-order valence-electron chi connectivity index (χ1n) is 9.27. The summed E-state index contributed by atoms with van der Waals surface area (Å²) >= 11 is 1.55. The first-order chi connectivity index (χ1) is 13.9. The fraction of sp³-hybridized carbons (Fsp3) is 0.0833. The highest BCUT2D eigenvalue weighted by Crippen LogP contribution is 2.43. The molecule has 0 bridgehead atoms. The van der Waals surface area contributed by atoms with Crippen molar-refractivity contribution in [2.45, 2.75) is 13.1 Å². The van der Waals surface area contributed by atoms with Crippen LogP contribution in [0.4, 0.5) is 13.2 Å². The standard InChI is InChI=1S/C24H14F3NS/c1-12-2-8-20-18(10-12)15-5-6-16-14(22(15)28-20)4-7-17-19-11-13(24(25,26)27)3-9-21(19)29-23(16)17/h2-11,28H,1H3. The molecule has 0 radical (unpaired) electrons. The van der Waals surface area contributed by atoms with E-state index in [9.17, 15) is 13.2 Å². The molecule has 4 aromatic carbocycles. The molecule has 6 aromatic rings. The van der Waals surface area contributed by atoms with Crippen LogP contribution in [0.1, 0.15) is 11.1 Å². The molecule has 5 heteroatoms. The largest absolute Gasteiger partial charge is 0.416 e. The van der Waals surface area contributed by atoms with E-state index in [1.54, 1.807) is 17.4 Å². The van der Waals surface area contributed by atoms with Gasteiger partial charge in [-0.25, -0.2) is 0 Å². The van der Waals surface area contributed by atoms with Crippen LogP contribution in [0.25, 0.3) is 52.8 Å². The molecule has 29 heavy (non-hydrogen) atoms. The third-order valence-corrected chi connectivity index (χ3v) is 6.91. The molecule has 0 aliphatic carbocycles. The number of thiophene rings is 1. The lowest BCUT2D eigenvalue weighted by Crippen LogP contribution is -2.03. The lowest BCUT2D eigenvalue weighted by Gasteiger charge is -2.06. The Labute approximate surface area is 167 Å². The minimum absolute atomic E-state index is 0.605. The maximum atomic E-state index is 13.2. The molecule has 0 unspecified atom stereocenters. The lowest BCUT2D eigenvalue weighted by molar-refractivity contribution is -0.137. The number of aromatic nitrogens is 1. The minimum Gasteiger partial charge on any atom is -0.354 e. The summed E-state index contributed by atoms with van der Waals surface area (Å²) in [7, 11) is 0. The molecule has 0 aliphatic rings. The van der Waals surface area contributed by atoms with E-state index in [0.717, 1.165) is 48.0 Å². The zero-order valence-electron chi connectivity index (χ0n) is 15.3. The molecule has 0 fully saturated rings. The highest BCUT2D eigenvalue weighted by Gasteiger charge is 2.30. The number of nitrogens with one attached hydrogen (secondary N) is 1. The van der Waals surface area contributed by atoms with Crippen molar-refractivity contribution < 1.29 is 13.2 Å². The number of hydrogen-bond acceptors (Lipinski definition) is 1. The van der Waals surface area contributed by atoms with Crippen molar-refractivity contribution >= 4 is 64.1 Å². The Morgan fingerprint density at radius 2 is 1.41 bits per heavy atom. The van der Waals surface area contributed by atoms with E-state index in [1.165, 1.54) is 17.0 Å². The summed E-state index contributed by atoms with van der Waals surface area (Å²) < 4.78 is 41.4. The molecule has 2 heterocycles. The van der Waals surface area contributed by atoms with Gasteiger partial charge in [0.2, 0.25) is 0 Å². The zero-order chi connectivity index (χ0) is 19.9. The second-order valence-electron chi connectivity index (χ2n) is 7.51. The first kappa shape index (κ1) is 16.9. The van der Waals surface area contributed by atoms with Gasteiger partial charge in [0.25, 0.3) is 0 Å². The summed E-state index contributed by atoms with van der Waals surface area (Å²) in [6, 6.07) is 18.5. The average Bonchev–Trinajstić information content (AvgIpc) is 3.24. The van der Waals surface area contributed by atoms with Crippen molar-refractivity contribution in [1.82, 2.24) is 4.98 Å². The Hall–Kier alpha value is -3.05. The second kappa shape index (κ2) is 5.51. The van der Waals surface area contributed by atoms with Gasteiger partial charge in [-0.1, -0.05) is 35.9 Å². The Kier molecular flexibility index (Phi) is 3.21. The van der Waals surface area contributed by atoms with Gasteiger partial charge in [0.1, 0.15) is 0 Å². The fourth-order valence-electron chi connectivity index (χ4n) is 4.30. The Morgan fingerprint density at radius 3 is 2.17 bits per heavy atom. The van der Waals surface area contributed by atoms with Crippen LogP contribution in [0.5, 0.6) is 0 Å². The first-order valence-corrected chi connectivity index (χ1v) is 10.1. The van der Waals surface area contributed by atoms with Crippen molar-refractivity contribution in [1.29, 1.82) is 0 Å². The van der Waals surface area contributed by atoms with Crippen LogP contribution in [0.15, 0.2) is 60.7 Å². The van der Waals surface area contributed by atoms with Crippen molar-refractivity contribution in [3.63, 3.8) is 0 Å². The second-order valence-corrected chi connectivity index (χ2v) is 8.56. The summed E-state index contributed by atoms with van der Waals surface area (Å²) in [5.41, 5.74) is 2.76. The summed E-state index contributed by atoms with van der Waals surface area (Å²) in [5.74, 6) is 0. The van der Waals surface area contributed by atoms with Gasteiger partial charge in [-0.05, 0) is 37.3 Å². The molecular formula is C24H14F3NS. The van der Waals surface area contributed by atoms with Gasteiger partial charge in [0.05, 0.1) is 11.1 Å². The number of halogens is 3. The Balaban J connectivity index is 1.72. The van der Waals surface area contributed by atoms with Crippen molar-refractivity contribution in [2.75, 3.05) is 0 Å². The number of hydrogen-bond donors (Lipinski definition) is 1. The van der Waals surface area contributed by atoms with Crippen LogP contribution >= 0.6 is 11.3 Å². The van der Waals surface area contributed by atoms with E-state index in [0.29, 0.717) is 5.39 Å². The predicted molar refractivity (Wildman–Crippen MR) is 116 cm³/mol. The minimum atomic E-state index is -4.34. The number of alkyl halides is 3. The third-order valence-electron chi connectivity index (χ3n) is 5.69. The third kappa shape index (κ3) is 2.34. The smallest absolute Gasteiger partial charge is 0.354 e. The molecule has 2 aromatic heterocycles. The number of fused-ring (bicyclic) bond motifs is 9. The summed E-state index contributed by atoms with van der Waals surface area (Å²) in [5, 5.41) is 6.03. The topological polar surface area (TPSA) is 15.8 Å². The number of rotatable bonds is 0. The molecule has 0 atom stereocenters. The van der Waals surface area contributed by atoms with Gasteiger partial charge in [-0.3, -0.25) is 0 Å². The quantitative estimate of drug-likeness (QED) is 0.262. The summed E-state index contributed by atoms with van der Waals surface area (Å²) in [6.07, 6.45) is -4.34. The van der Waals surface area contributed by atoms with Crippen molar-refractivity contribution in [2.24, 2.45) is 0 Å². The maximum Gasteiger partial charge on any atom is 0.416 e. The van der Waals surface area contributed by atoms with E-state index in [-0.39, 0.29) is 0 Å². The van der Waals surface area contributed by atoms with E-state index in [4.69, 9.17) is 0 Å². The predicted octanol–water partition coefficient (Wildman–Crippen LogP) is 8.17. The Bertz CT molecular complexity index is 1600. The number of H-pyrrole nitrogens is 1. The molecule has 1 nitrogen and oxygen atoms in total. The maximum absolute atomic E-state index is 13.2. The summed E-state index contributed by atoms with van der Waals surface area (Å²) in [4.78, 5) is 3.53. The van der Waals surface area contributed by atoms with E-state index < -0.39 is 11.7 Å². The highest BCUT2D eigenvalue weighted by molar-refractivity contribution is 7.26. The van der Waals surface area contributed by atoms with Gasteiger partial charge in [-0.15, -0.1) is 11.3 Å². The molecule has 0 spiro atoms. The van der Waals surface area contributed by atoms with E-state index in [2.05, 4.69) is 42.2 Å². The van der Waals surface area contributed by atoms with Gasteiger partial charge in [0, 0.05) is 47.2 Å². The summed E-state index contributed by atoms with van der Waals surface area (Å²) in [6.45, 7) is 2.08. The van der Waals surface area contributed by atoms with Crippen LogP contribution in [0, 0.1) is 6.92 Å². The zero-order valence-corrected chi connectivity index (χ0v) is 16.1. The molecule has 6 rings (SSSR count). The Morgan fingerprint density at radius 1 is 0.724 bits per heavy atom.